The maximum Gasteiger partial charge on any atom is 0.00897 e. The molecule has 1 atom stereocenters. The van der Waals surface area contributed by atoms with Gasteiger partial charge in [0.1, 0.15) is 0 Å². The van der Waals surface area contributed by atoms with Gasteiger partial charge in [-0.05, 0) is 33.2 Å². The normalized spacial score (nSPS) is 14.5. The summed E-state index contributed by atoms with van der Waals surface area (Å²) in [6.07, 6.45) is 3.81. The van der Waals surface area contributed by atoms with Crippen molar-refractivity contribution in [3.63, 3.8) is 0 Å². The molecule has 0 saturated carbocycles. The molecule has 1 nitrogen and oxygen atoms in total. The van der Waals surface area contributed by atoms with Gasteiger partial charge in [0.25, 0.3) is 0 Å². The van der Waals surface area contributed by atoms with Crippen molar-refractivity contribution in [1.82, 2.24) is 4.90 Å². The lowest BCUT2D eigenvalue weighted by Gasteiger charge is -2.31. The molecule has 0 heterocycles. The molecule has 0 N–H and O–H groups in total. The molecule has 1 heteroatoms. The number of hydrogen-bond acceptors (Lipinski definition) is 1. The van der Waals surface area contributed by atoms with Crippen molar-refractivity contribution in [3.05, 3.63) is 0 Å². The Hall–Kier alpha value is -0.0400. The highest BCUT2D eigenvalue weighted by Crippen LogP contribution is 2.11. The molecule has 68 valence electrons. The Labute approximate surface area is 71.8 Å². The fraction of sp³-hybridized carbons (Fsp3) is 1.00. The fourth-order valence-electron chi connectivity index (χ4n) is 1.51. The van der Waals surface area contributed by atoms with E-state index >= 15 is 0 Å². The summed E-state index contributed by atoms with van der Waals surface area (Å²) in [4.78, 5) is 2.50. The molecule has 1 unspecified atom stereocenters. The van der Waals surface area contributed by atoms with E-state index in [1.54, 1.807) is 0 Å². The third kappa shape index (κ3) is 3.24. The molecule has 0 aliphatic rings. The van der Waals surface area contributed by atoms with Crippen LogP contribution in [0.3, 0.4) is 0 Å². The van der Waals surface area contributed by atoms with E-state index in [-0.39, 0.29) is 0 Å². The van der Waals surface area contributed by atoms with Crippen molar-refractivity contribution >= 4 is 0 Å². The van der Waals surface area contributed by atoms with Crippen molar-refractivity contribution in [3.8, 4) is 0 Å². The van der Waals surface area contributed by atoms with Crippen LogP contribution in [0.25, 0.3) is 0 Å². The Morgan fingerprint density at radius 1 is 1.00 bits per heavy atom. The predicted octanol–water partition coefficient (Wildman–Crippen LogP) is 2.91. The fourth-order valence-corrected chi connectivity index (χ4v) is 1.51. The van der Waals surface area contributed by atoms with E-state index in [0.717, 1.165) is 12.1 Å². The SMILES string of the molecule is CCC(C)N(C)C(CC)CC. The molecule has 0 fully saturated rings. The zero-order valence-corrected chi connectivity index (χ0v) is 8.72. The third-order valence-corrected chi connectivity index (χ3v) is 2.80. The maximum atomic E-state index is 2.50. The van der Waals surface area contributed by atoms with Crippen molar-refractivity contribution in [2.45, 2.75) is 59.0 Å². The van der Waals surface area contributed by atoms with Gasteiger partial charge >= 0.3 is 0 Å². The molecule has 0 aromatic heterocycles. The molecule has 0 bridgehead atoms. The maximum absolute atomic E-state index is 2.50. The topological polar surface area (TPSA) is 3.24 Å². The van der Waals surface area contributed by atoms with Gasteiger partial charge < -0.3 is 4.90 Å². The van der Waals surface area contributed by atoms with E-state index in [1.165, 1.54) is 19.3 Å². The molecular weight excluding hydrogens is 134 g/mol. The highest BCUT2D eigenvalue weighted by atomic mass is 15.1. The van der Waals surface area contributed by atoms with Crippen LogP contribution in [0.5, 0.6) is 0 Å². The zero-order valence-electron chi connectivity index (χ0n) is 8.72. The quantitative estimate of drug-likeness (QED) is 0.593. The van der Waals surface area contributed by atoms with E-state index in [9.17, 15) is 0 Å². The summed E-state index contributed by atoms with van der Waals surface area (Å²) >= 11 is 0. The molecule has 0 radical (unpaired) electrons. The van der Waals surface area contributed by atoms with E-state index in [2.05, 4.69) is 39.6 Å². The molecule has 11 heavy (non-hydrogen) atoms. The van der Waals surface area contributed by atoms with Crippen LogP contribution < -0.4 is 0 Å². The van der Waals surface area contributed by atoms with Gasteiger partial charge in [0, 0.05) is 12.1 Å². The third-order valence-electron chi connectivity index (χ3n) is 2.80. The number of nitrogens with zero attached hydrogens (tertiary/aromatic N) is 1. The molecule has 0 amide bonds. The van der Waals surface area contributed by atoms with Crippen LogP contribution >= 0.6 is 0 Å². The predicted molar refractivity (Wildman–Crippen MR) is 51.9 cm³/mol. The van der Waals surface area contributed by atoms with Crippen LogP contribution in [0.1, 0.15) is 47.0 Å². The summed E-state index contributed by atoms with van der Waals surface area (Å²) in [7, 11) is 2.24. The van der Waals surface area contributed by atoms with Crippen molar-refractivity contribution in [2.24, 2.45) is 0 Å². The Bertz CT molecular complexity index is 86.9. The molecule has 0 spiro atoms. The summed E-state index contributed by atoms with van der Waals surface area (Å²) in [6.45, 7) is 9.10. The van der Waals surface area contributed by atoms with Crippen LogP contribution in [0.15, 0.2) is 0 Å². The van der Waals surface area contributed by atoms with Crippen LogP contribution in [0, 0.1) is 0 Å². The first kappa shape index (κ1) is 11.0. The van der Waals surface area contributed by atoms with Crippen LogP contribution in [-0.4, -0.2) is 24.0 Å². The molecule has 0 aromatic carbocycles. The Morgan fingerprint density at radius 2 is 1.45 bits per heavy atom. The average molecular weight is 157 g/mol. The van der Waals surface area contributed by atoms with Gasteiger partial charge in [-0.1, -0.05) is 20.8 Å². The van der Waals surface area contributed by atoms with E-state index in [1.807, 2.05) is 0 Å². The van der Waals surface area contributed by atoms with E-state index in [0.29, 0.717) is 0 Å². The standard InChI is InChI=1S/C10H23N/c1-6-9(4)11(5)10(7-2)8-3/h9-10H,6-8H2,1-5H3. The second-order valence-electron chi connectivity index (χ2n) is 3.39. The molecule has 0 saturated heterocycles. The van der Waals surface area contributed by atoms with Gasteiger partial charge in [-0.3, -0.25) is 0 Å². The molecule has 0 rings (SSSR count). The second kappa shape index (κ2) is 5.59. The minimum absolute atomic E-state index is 0.736. The largest absolute Gasteiger partial charge is 0.301 e. The summed E-state index contributed by atoms with van der Waals surface area (Å²) in [6, 6.07) is 1.52. The Kier molecular flexibility index (Phi) is 5.57. The smallest absolute Gasteiger partial charge is 0.00897 e. The molecule has 0 aromatic rings. The lowest BCUT2D eigenvalue weighted by Crippen LogP contribution is -2.37. The summed E-state index contributed by atoms with van der Waals surface area (Å²) in [5, 5.41) is 0. The molecular formula is C10H23N. The Morgan fingerprint density at radius 3 is 1.73 bits per heavy atom. The van der Waals surface area contributed by atoms with Gasteiger partial charge in [0.15, 0.2) is 0 Å². The van der Waals surface area contributed by atoms with Crippen molar-refractivity contribution in [2.75, 3.05) is 7.05 Å². The van der Waals surface area contributed by atoms with E-state index < -0.39 is 0 Å². The van der Waals surface area contributed by atoms with Crippen LogP contribution in [-0.2, 0) is 0 Å². The number of rotatable bonds is 5. The van der Waals surface area contributed by atoms with Gasteiger partial charge in [0.2, 0.25) is 0 Å². The van der Waals surface area contributed by atoms with Crippen molar-refractivity contribution < 1.29 is 0 Å². The number of hydrogen-bond donors (Lipinski definition) is 0. The van der Waals surface area contributed by atoms with Gasteiger partial charge in [-0.15, -0.1) is 0 Å². The van der Waals surface area contributed by atoms with Crippen LogP contribution in [0.4, 0.5) is 0 Å². The highest BCUT2D eigenvalue weighted by Gasteiger charge is 2.14. The summed E-state index contributed by atoms with van der Waals surface area (Å²) in [5.41, 5.74) is 0. The zero-order chi connectivity index (χ0) is 8.85. The Balaban J connectivity index is 3.86. The minimum Gasteiger partial charge on any atom is -0.301 e. The lowest BCUT2D eigenvalue weighted by atomic mass is 10.1. The minimum atomic E-state index is 0.736. The first-order valence-corrected chi connectivity index (χ1v) is 4.89. The first-order chi connectivity index (χ1) is 5.17. The van der Waals surface area contributed by atoms with E-state index in [4.69, 9.17) is 0 Å². The van der Waals surface area contributed by atoms with Crippen molar-refractivity contribution in [1.29, 1.82) is 0 Å². The van der Waals surface area contributed by atoms with Gasteiger partial charge in [-0.25, -0.2) is 0 Å². The summed E-state index contributed by atoms with van der Waals surface area (Å²) in [5.74, 6) is 0. The van der Waals surface area contributed by atoms with Crippen LogP contribution in [0.2, 0.25) is 0 Å². The van der Waals surface area contributed by atoms with Gasteiger partial charge in [-0.2, -0.15) is 0 Å². The monoisotopic (exact) mass is 157 g/mol. The molecule has 0 aliphatic carbocycles. The lowest BCUT2D eigenvalue weighted by molar-refractivity contribution is 0.170. The summed E-state index contributed by atoms with van der Waals surface area (Å²) < 4.78 is 0. The second-order valence-corrected chi connectivity index (χ2v) is 3.39. The average Bonchev–Trinajstić information content (AvgIpc) is 2.05. The van der Waals surface area contributed by atoms with Gasteiger partial charge in [0.05, 0.1) is 0 Å². The first-order valence-electron chi connectivity index (χ1n) is 4.89. The highest BCUT2D eigenvalue weighted by molar-refractivity contribution is 4.69. The molecule has 0 aliphatic heterocycles.